The number of halogens is 2. The lowest BCUT2D eigenvalue weighted by Crippen LogP contribution is -2.31. The summed E-state index contributed by atoms with van der Waals surface area (Å²) in [6.07, 6.45) is 0.901. The molecule has 10 heteroatoms. The second-order valence-electron chi connectivity index (χ2n) is 10.1. The van der Waals surface area contributed by atoms with E-state index in [0.717, 1.165) is 22.0 Å². The minimum atomic E-state index is -2.82. The lowest BCUT2D eigenvalue weighted by atomic mass is 10.0. The number of imidazole rings is 1. The molecule has 8 nitrogen and oxygen atoms in total. The van der Waals surface area contributed by atoms with Gasteiger partial charge in [-0.15, -0.1) is 0 Å². The molecule has 4 aromatic rings. The molecule has 0 unspecified atom stereocenters. The fraction of sp³-hybridized carbons (Fsp3) is 0.367. The highest BCUT2D eigenvalue weighted by Crippen LogP contribution is 2.37. The van der Waals surface area contributed by atoms with Crippen molar-refractivity contribution in [1.29, 1.82) is 0 Å². The molecule has 0 N–H and O–H groups in total. The number of methoxy groups -OCH3 is 2. The summed E-state index contributed by atoms with van der Waals surface area (Å²) in [7, 11) is 3.08. The van der Waals surface area contributed by atoms with Crippen LogP contribution in [0.5, 0.6) is 17.4 Å². The fourth-order valence-electron chi connectivity index (χ4n) is 5.15. The van der Waals surface area contributed by atoms with Gasteiger partial charge < -0.3 is 19.1 Å². The van der Waals surface area contributed by atoms with E-state index < -0.39 is 12.7 Å². The van der Waals surface area contributed by atoms with Gasteiger partial charge in [-0.1, -0.05) is 29.8 Å². The van der Waals surface area contributed by atoms with Gasteiger partial charge in [-0.25, -0.2) is 9.97 Å². The van der Waals surface area contributed by atoms with Crippen LogP contribution in [0.4, 0.5) is 8.78 Å². The van der Waals surface area contributed by atoms with E-state index >= 15 is 0 Å². The third kappa shape index (κ3) is 5.17. The van der Waals surface area contributed by atoms with E-state index in [2.05, 4.69) is 9.97 Å². The number of aromatic nitrogens is 3. The molecular weight excluding hydrogens is 518 g/mol. The van der Waals surface area contributed by atoms with Gasteiger partial charge in [0, 0.05) is 24.4 Å². The molecule has 1 aliphatic heterocycles. The summed E-state index contributed by atoms with van der Waals surface area (Å²) in [5.41, 5.74) is 3.78. The highest BCUT2D eigenvalue weighted by molar-refractivity contribution is 5.85. The van der Waals surface area contributed by atoms with Gasteiger partial charge in [0.2, 0.25) is 11.8 Å². The minimum Gasteiger partial charge on any atom is -0.493 e. The third-order valence-electron chi connectivity index (χ3n) is 7.59. The van der Waals surface area contributed by atoms with Crippen LogP contribution in [-0.4, -0.2) is 52.2 Å². The number of rotatable bonds is 9. The number of fused-ring (bicyclic) bond motifs is 1. The average molecular weight is 551 g/mol. The molecular formula is C30H32F2N4O4. The maximum Gasteiger partial charge on any atom is 0.320 e. The van der Waals surface area contributed by atoms with Gasteiger partial charge in [0.05, 0.1) is 31.5 Å². The minimum absolute atomic E-state index is 0.0309. The molecule has 0 bridgehead atoms. The SMILES string of the molecule is COc1ccc(-c2cc3ncn(C(F)F)c3c(O[C@H](C)[C@@H]3CC(=O)N([C@H](C)c4ccc(C)cc4)C3)n2)cc1OC. The molecule has 0 radical (unpaired) electrons. The Balaban J connectivity index is 1.45. The van der Waals surface area contributed by atoms with Gasteiger partial charge in [0.25, 0.3) is 0 Å². The first-order chi connectivity index (χ1) is 19.2. The maximum atomic E-state index is 13.9. The molecule has 0 aliphatic carbocycles. The van der Waals surface area contributed by atoms with Gasteiger partial charge in [-0.3, -0.25) is 9.36 Å². The summed E-state index contributed by atoms with van der Waals surface area (Å²) < 4.78 is 45.6. The van der Waals surface area contributed by atoms with Gasteiger partial charge in [0.15, 0.2) is 11.5 Å². The molecule has 3 atom stereocenters. The predicted molar refractivity (Wildman–Crippen MR) is 147 cm³/mol. The monoisotopic (exact) mass is 550 g/mol. The zero-order chi connectivity index (χ0) is 28.6. The molecule has 40 heavy (non-hydrogen) atoms. The van der Waals surface area contributed by atoms with Crippen LogP contribution in [0.2, 0.25) is 0 Å². The molecule has 2 aromatic heterocycles. The predicted octanol–water partition coefficient (Wildman–Crippen LogP) is 6.20. The van der Waals surface area contributed by atoms with Crippen molar-refractivity contribution < 1.29 is 27.8 Å². The van der Waals surface area contributed by atoms with Gasteiger partial charge in [-0.2, -0.15) is 8.78 Å². The first kappa shape index (κ1) is 27.4. The second-order valence-corrected chi connectivity index (χ2v) is 10.1. The van der Waals surface area contributed by atoms with E-state index in [1.807, 2.05) is 49.9 Å². The lowest BCUT2D eigenvalue weighted by Gasteiger charge is -2.26. The van der Waals surface area contributed by atoms with Crippen molar-refractivity contribution >= 4 is 16.9 Å². The number of carbonyl (C=O) groups excluding carboxylic acids is 1. The number of aryl methyl sites for hydroxylation is 1. The molecule has 2 aromatic carbocycles. The Kier molecular flexibility index (Phi) is 7.60. The van der Waals surface area contributed by atoms with E-state index in [1.165, 1.54) is 7.11 Å². The van der Waals surface area contributed by atoms with E-state index in [4.69, 9.17) is 14.2 Å². The lowest BCUT2D eigenvalue weighted by molar-refractivity contribution is -0.129. The van der Waals surface area contributed by atoms with Crippen molar-refractivity contribution in [2.24, 2.45) is 5.92 Å². The molecule has 3 heterocycles. The van der Waals surface area contributed by atoms with Gasteiger partial charge >= 0.3 is 6.55 Å². The third-order valence-corrected chi connectivity index (χ3v) is 7.59. The average Bonchev–Trinajstić information content (AvgIpc) is 3.56. The Morgan fingerprint density at radius 3 is 2.40 bits per heavy atom. The van der Waals surface area contributed by atoms with Gasteiger partial charge in [-0.05, 0) is 50.6 Å². The van der Waals surface area contributed by atoms with Crippen LogP contribution < -0.4 is 14.2 Å². The van der Waals surface area contributed by atoms with Crippen molar-refractivity contribution in [3.63, 3.8) is 0 Å². The Morgan fingerprint density at radius 2 is 1.73 bits per heavy atom. The number of hydrogen-bond donors (Lipinski definition) is 0. The Bertz CT molecular complexity index is 1520. The highest BCUT2D eigenvalue weighted by atomic mass is 19.3. The van der Waals surface area contributed by atoms with Crippen LogP contribution in [0.1, 0.15) is 44.0 Å². The van der Waals surface area contributed by atoms with Crippen molar-refractivity contribution in [3.8, 4) is 28.6 Å². The Morgan fingerprint density at radius 1 is 1.00 bits per heavy atom. The van der Waals surface area contributed by atoms with Crippen molar-refractivity contribution in [1.82, 2.24) is 19.4 Å². The maximum absolute atomic E-state index is 13.9. The number of ether oxygens (including phenoxy) is 3. The van der Waals surface area contributed by atoms with E-state index in [-0.39, 0.29) is 29.3 Å². The number of amides is 1. The number of carbonyl (C=O) groups is 1. The molecule has 1 fully saturated rings. The summed E-state index contributed by atoms with van der Waals surface area (Å²) in [6, 6.07) is 15.0. The smallest absolute Gasteiger partial charge is 0.320 e. The molecule has 1 aliphatic rings. The van der Waals surface area contributed by atoms with Crippen molar-refractivity contribution in [3.05, 3.63) is 66.0 Å². The first-order valence-corrected chi connectivity index (χ1v) is 13.1. The quantitative estimate of drug-likeness (QED) is 0.247. The molecule has 0 saturated carbocycles. The summed E-state index contributed by atoms with van der Waals surface area (Å²) >= 11 is 0. The molecule has 1 amide bonds. The summed E-state index contributed by atoms with van der Waals surface area (Å²) in [4.78, 5) is 23.7. The number of nitrogens with zero attached hydrogens (tertiary/aromatic N) is 4. The normalized spacial score (nSPS) is 16.9. The van der Waals surface area contributed by atoms with Crippen LogP contribution in [0.15, 0.2) is 54.9 Å². The number of benzene rings is 2. The fourth-order valence-corrected chi connectivity index (χ4v) is 5.15. The van der Waals surface area contributed by atoms with Crippen molar-refractivity contribution in [2.75, 3.05) is 20.8 Å². The van der Waals surface area contributed by atoms with E-state index in [0.29, 0.717) is 41.2 Å². The van der Waals surface area contributed by atoms with E-state index in [9.17, 15) is 13.6 Å². The second kappa shape index (κ2) is 11.1. The van der Waals surface area contributed by atoms with Crippen molar-refractivity contribution in [2.45, 2.75) is 45.9 Å². The molecule has 210 valence electrons. The molecule has 0 spiro atoms. The number of alkyl halides is 2. The Labute approximate surface area is 231 Å². The topological polar surface area (TPSA) is 78.7 Å². The number of likely N-dealkylation sites (tertiary alicyclic amines) is 1. The molecule has 5 rings (SSSR count). The first-order valence-electron chi connectivity index (χ1n) is 13.1. The van der Waals surface area contributed by atoms with Crippen LogP contribution in [0.3, 0.4) is 0 Å². The van der Waals surface area contributed by atoms with Crippen LogP contribution in [-0.2, 0) is 4.79 Å². The van der Waals surface area contributed by atoms with Crippen LogP contribution in [0.25, 0.3) is 22.3 Å². The molecule has 1 saturated heterocycles. The van der Waals surface area contributed by atoms with Crippen LogP contribution in [0, 0.1) is 12.8 Å². The zero-order valence-electron chi connectivity index (χ0n) is 23.1. The summed E-state index contributed by atoms with van der Waals surface area (Å²) in [5.74, 6) is 0.969. The standard InChI is InChI=1S/C30H32F2N4O4/c1-17-6-8-20(9-7-17)18(2)35-15-22(13-27(35)37)19(3)40-29-28-24(33-16-36(28)30(31)32)14-23(34-29)21-10-11-25(38-4)26(12-21)39-5/h6-12,14,16,18-19,22,30H,13,15H2,1-5H3/t18-,19-,22-/m1/s1. The largest absolute Gasteiger partial charge is 0.493 e. The van der Waals surface area contributed by atoms with Gasteiger partial charge in [0.1, 0.15) is 17.9 Å². The number of pyridine rings is 1. The van der Waals surface area contributed by atoms with E-state index in [1.54, 1.807) is 31.4 Å². The summed E-state index contributed by atoms with van der Waals surface area (Å²) in [5, 5.41) is 0. The summed E-state index contributed by atoms with van der Waals surface area (Å²) in [6.45, 7) is 3.54. The van der Waals surface area contributed by atoms with Crippen LogP contribution >= 0.6 is 0 Å². The zero-order valence-corrected chi connectivity index (χ0v) is 23.1. The number of hydrogen-bond acceptors (Lipinski definition) is 6. The highest BCUT2D eigenvalue weighted by Gasteiger charge is 2.37. The Hall–Kier alpha value is -4.21.